The van der Waals surface area contributed by atoms with E-state index in [1.54, 1.807) is 23.3 Å². The molecule has 2 saturated heterocycles. The molecule has 6 heteroatoms. The number of hydrogen-bond acceptors (Lipinski definition) is 6. The molecule has 18 heavy (non-hydrogen) atoms. The molecule has 0 bridgehead atoms. The second-order valence-corrected chi connectivity index (χ2v) is 6.61. The van der Waals surface area contributed by atoms with Gasteiger partial charge in [0.05, 0.1) is 4.90 Å². The van der Waals surface area contributed by atoms with Crippen LogP contribution in [-0.4, -0.2) is 47.8 Å². The summed E-state index contributed by atoms with van der Waals surface area (Å²) < 4.78 is 4.30. The summed E-state index contributed by atoms with van der Waals surface area (Å²) in [6.07, 6.45) is 6.11. The van der Waals surface area contributed by atoms with Crippen molar-refractivity contribution in [2.45, 2.75) is 30.2 Å². The minimum atomic E-state index is 0.701. The van der Waals surface area contributed by atoms with Gasteiger partial charge in [0.15, 0.2) is 5.82 Å². The molecule has 3 rings (SSSR count). The Bertz CT molecular complexity index is 414. The molecule has 2 N–H and O–H groups in total. The van der Waals surface area contributed by atoms with Crippen LogP contribution in [0.25, 0.3) is 0 Å². The van der Waals surface area contributed by atoms with E-state index in [0.717, 1.165) is 19.1 Å². The fourth-order valence-corrected chi connectivity index (χ4v) is 4.73. The van der Waals surface area contributed by atoms with E-state index in [1.165, 1.54) is 42.2 Å². The Morgan fingerprint density at radius 1 is 1.33 bits per heavy atom. The van der Waals surface area contributed by atoms with Crippen LogP contribution in [0.1, 0.15) is 19.3 Å². The van der Waals surface area contributed by atoms with Gasteiger partial charge in [-0.1, -0.05) is 0 Å². The van der Waals surface area contributed by atoms with E-state index in [1.807, 2.05) is 0 Å². The molecule has 0 aliphatic carbocycles. The molecule has 2 fully saturated rings. The summed E-state index contributed by atoms with van der Waals surface area (Å²) in [4.78, 5) is 6.30. The van der Waals surface area contributed by atoms with Gasteiger partial charge in [-0.15, -0.1) is 11.8 Å². The zero-order chi connectivity index (χ0) is 12.5. The molecule has 0 amide bonds. The Kier molecular flexibility index (Phi) is 3.68. The SMILES string of the molecule is CSc1c(N)nsc1N1CCC(N2CCCC2)C1. The number of hydrogen-bond donors (Lipinski definition) is 1. The molecule has 3 heterocycles. The zero-order valence-corrected chi connectivity index (χ0v) is 12.4. The lowest BCUT2D eigenvalue weighted by Gasteiger charge is -2.24. The first-order valence-electron chi connectivity index (χ1n) is 6.57. The zero-order valence-electron chi connectivity index (χ0n) is 10.8. The standard InChI is InChI=1S/C12H20N4S2/c1-17-10-11(13)14-18-12(10)16-7-4-9(8-16)15-5-2-3-6-15/h9H,2-8H2,1H3,(H2,13,14). The Hall–Kier alpha value is -0.460. The third kappa shape index (κ3) is 2.21. The number of aromatic nitrogens is 1. The normalized spacial score (nSPS) is 25.2. The fraction of sp³-hybridized carbons (Fsp3) is 0.750. The Morgan fingerprint density at radius 2 is 2.11 bits per heavy atom. The van der Waals surface area contributed by atoms with Gasteiger partial charge >= 0.3 is 0 Å². The number of nitrogens with two attached hydrogens (primary N) is 1. The van der Waals surface area contributed by atoms with E-state index in [4.69, 9.17) is 5.73 Å². The molecule has 1 aromatic rings. The molecule has 0 radical (unpaired) electrons. The van der Waals surface area contributed by atoms with Crippen LogP contribution in [0.5, 0.6) is 0 Å². The van der Waals surface area contributed by atoms with Crippen molar-refractivity contribution >= 4 is 34.1 Å². The number of likely N-dealkylation sites (tertiary alicyclic amines) is 1. The predicted octanol–water partition coefficient (Wildman–Crippen LogP) is 2.12. The van der Waals surface area contributed by atoms with Gasteiger partial charge in [-0.25, -0.2) is 0 Å². The highest BCUT2D eigenvalue weighted by Gasteiger charge is 2.31. The van der Waals surface area contributed by atoms with Crippen molar-refractivity contribution in [1.29, 1.82) is 0 Å². The van der Waals surface area contributed by atoms with Crippen LogP contribution in [0, 0.1) is 0 Å². The smallest absolute Gasteiger partial charge is 0.153 e. The highest BCUT2D eigenvalue weighted by Crippen LogP contribution is 2.39. The van der Waals surface area contributed by atoms with E-state index < -0.39 is 0 Å². The highest BCUT2D eigenvalue weighted by molar-refractivity contribution is 7.99. The molecule has 2 aliphatic heterocycles. The van der Waals surface area contributed by atoms with Gasteiger partial charge in [0.25, 0.3) is 0 Å². The van der Waals surface area contributed by atoms with E-state index in [0.29, 0.717) is 5.82 Å². The average Bonchev–Trinajstić information content (AvgIpc) is 3.08. The first kappa shape index (κ1) is 12.6. The second kappa shape index (κ2) is 5.27. The van der Waals surface area contributed by atoms with E-state index >= 15 is 0 Å². The van der Waals surface area contributed by atoms with Crippen molar-refractivity contribution in [3.05, 3.63) is 0 Å². The van der Waals surface area contributed by atoms with Gasteiger partial charge in [0.1, 0.15) is 5.00 Å². The average molecular weight is 284 g/mol. The van der Waals surface area contributed by atoms with Gasteiger partial charge in [0, 0.05) is 19.1 Å². The van der Waals surface area contributed by atoms with E-state index in [9.17, 15) is 0 Å². The maximum atomic E-state index is 5.92. The van der Waals surface area contributed by atoms with E-state index in [-0.39, 0.29) is 0 Å². The summed E-state index contributed by atoms with van der Waals surface area (Å²) in [5, 5.41) is 1.28. The van der Waals surface area contributed by atoms with Gasteiger partial charge in [-0.2, -0.15) is 4.37 Å². The third-order valence-electron chi connectivity index (χ3n) is 3.97. The maximum absolute atomic E-state index is 5.92. The maximum Gasteiger partial charge on any atom is 0.153 e. The monoisotopic (exact) mass is 284 g/mol. The number of thioether (sulfide) groups is 1. The summed E-state index contributed by atoms with van der Waals surface area (Å²) in [6.45, 7) is 4.88. The summed E-state index contributed by atoms with van der Waals surface area (Å²) in [5.74, 6) is 0.701. The Morgan fingerprint density at radius 3 is 2.83 bits per heavy atom. The molecule has 0 aromatic carbocycles. The Balaban J connectivity index is 1.71. The van der Waals surface area contributed by atoms with Gasteiger partial charge in [-0.3, -0.25) is 4.90 Å². The first-order valence-corrected chi connectivity index (χ1v) is 8.57. The predicted molar refractivity (Wildman–Crippen MR) is 79.7 cm³/mol. The first-order chi connectivity index (χ1) is 8.79. The van der Waals surface area contributed by atoms with Gasteiger partial charge in [-0.05, 0) is 50.1 Å². The molecule has 0 spiro atoms. The lowest BCUT2D eigenvalue weighted by molar-refractivity contribution is 0.260. The van der Waals surface area contributed by atoms with Crippen LogP contribution in [0.15, 0.2) is 4.90 Å². The van der Waals surface area contributed by atoms with Crippen molar-refractivity contribution in [2.24, 2.45) is 0 Å². The van der Waals surface area contributed by atoms with Crippen molar-refractivity contribution < 1.29 is 0 Å². The largest absolute Gasteiger partial charge is 0.382 e. The van der Waals surface area contributed by atoms with Crippen molar-refractivity contribution in [3.63, 3.8) is 0 Å². The minimum absolute atomic E-state index is 0.701. The molecule has 100 valence electrons. The second-order valence-electron chi connectivity index (χ2n) is 5.04. The number of rotatable bonds is 3. The van der Waals surface area contributed by atoms with Crippen LogP contribution in [-0.2, 0) is 0 Å². The van der Waals surface area contributed by atoms with Crippen LogP contribution >= 0.6 is 23.3 Å². The quantitative estimate of drug-likeness (QED) is 0.862. The molecular formula is C12H20N4S2. The highest BCUT2D eigenvalue weighted by atomic mass is 32.2. The van der Waals surface area contributed by atoms with Crippen molar-refractivity contribution in [1.82, 2.24) is 9.27 Å². The van der Waals surface area contributed by atoms with Crippen LogP contribution in [0.3, 0.4) is 0 Å². The summed E-state index contributed by atoms with van der Waals surface area (Å²) >= 11 is 3.27. The van der Waals surface area contributed by atoms with Crippen LogP contribution in [0.4, 0.5) is 10.8 Å². The van der Waals surface area contributed by atoms with Crippen LogP contribution < -0.4 is 10.6 Å². The van der Waals surface area contributed by atoms with Crippen molar-refractivity contribution in [2.75, 3.05) is 43.1 Å². The molecule has 1 aromatic heterocycles. The molecule has 2 aliphatic rings. The summed E-state index contributed by atoms with van der Waals surface area (Å²) in [7, 11) is 0. The fourth-order valence-electron chi connectivity index (χ4n) is 3.01. The lowest BCUT2D eigenvalue weighted by atomic mass is 10.2. The molecular weight excluding hydrogens is 264 g/mol. The molecule has 4 nitrogen and oxygen atoms in total. The Labute approximate surface area is 117 Å². The van der Waals surface area contributed by atoms with E-state index in [2.05, 4.69) is 20.4 Å². The minimum Gasteiger partial charge on any atom is -0.382 e. The summed E-state index contributed by atoms with van der Waals surface area (Å²) in [6, 6.07) is 0.741. The lowest BCUT2D eigenvalue weighted by Crippen LogP contribution is -2.35. The number of nitrogen functional groups attached to an aromatic ring is 1. The summed E-state index contributed by atoms with van der Waals surface area (Å²) in [5.41, 5.74) is 5.92. The van der Waals surface area contributed by atoms with Gasteiger partial charge < -0.3 is 10.6 Å². The molecule has 0 saturated carbocycles. The number of nitrogens with zero attached hydrogens (tertiary/aromatic N) is 3. The van der Waals surface area contributed by atoms with Crippen LogP contribution in [0.2, 0.25) is 0 Å². The van der Waals surface area contributed by atoms with Gasteiger partial charge in [0.2, 0.25) is 0 Å². The molecule has 1 unspecified atom stereocenters. The number of anilines is 2. The molecule has 1 atom stereocenters. The third-order valence-corrected chi connectivity index (χ3v) is 5.83. The topological polar surface area (TPSA) is 45.4 Å². The van der Waals surface area contributed by atoms with Crippen molar-refractivity contribution in [3.8, 4) is 0 Å².